The van der Waals surface area contributed by atoms with Gasteiger partial charge in [0.15, 0.2) is 0 Å². The van der Waals surface area contributed by atoms with E-state index in [0.29, 0.717) is 18.2 Å². The first-order chi connectivity index (χ1) is 9.09. The van der Waals surface area contributed by atoms with Crippen LogP contribution in [-0.2, 0) is 4.74 Å². The number of rotatable bonds is 4. The second-order valence-electron chi connectivity index (χ2n) is 4.88. The molecule has 19 heavy (non-hydrogen) atoms. The first-order valence-electron chi connectivity index (χ1n) is 6.40. The van der Waals surface area contributed by atoms with Gasteiger partial charge in [-0.05, 0) is 30.9 Å². The highest BCUT2D eigenvalue weighted by Crippen LogP contribution is 2.25. The molecule has 104 valence electrons. The fourth-order valence-corrected chi connectivity index (χ4v) is 2.46. The first-order valence-corrected chi connectivity index (χ1v) is 6.40. The molecule has 0 atom stereocenters. The summed E-state index contributed by atoms with van der Waals surface area (Å²) in [5.41, 5.74) is 0.177. The molecule has 0 radical (unpaired) electrons. The van der Waals surface area contributed by atoms with Crippen LogP contribution in [0.25, 0.3) is 0 Å². The minimum absolute atomic E-state index is 0.253. The number of ether oxygens (including phenoxy) is 1. The molecule has 1 fully saturated rings. The van der Waals surface area contributed by atoms with Gasteiger partial charge in [-0.2, -0.15) is 0 Å². The molecule has 0 saturated carbocycles. The predicted molar refractivity (Wildman–Crippen MR) is 70.2 cm³/mol. The van der Waals surface area contributed by atoms with Crippen LogP contribution in [0.2, 0.25) is 0 Å². The van der Waals surface area contributed by atoms with Crippen molar-refractivity contribution in [2.24, 2.45) is 5.92 Å². The van der Waals surface area contributed by atoms with Gasteiger partial charge < -0.3 is 14.7 Å². The maximum absolute atomic E-state index is 13.6. The molecule has 0 aliphatic carbocycles. The molecule has 1 heterocycles. The third-order valence-corrected chi connectivity index (χ3v) is 3.49. The van der Waals surface area contributed by atoms with Crippen LogP contribution in [-0.4, -0.2) is 37.9 Å². The average Bonchev–Trinajstić information content (AvgIpc) is 2.39. The fourth-order valence-electron chi connectivity index (χ4n) is 2.46. The SMILES string of the molecule is CN(CC1CCOCC1)c1cccc(F)c1C(=O)O. The van der Waals surface area contributed by atoms with Crippen LogP contribution in [0.3, 0.4) is 0 Å². The van der Waals surface area contributed by atoms with E-state index in [1.54, 1.807) is 13.1 Å². The molecular formula is C14H18FNO3. The van der Waals surface area contributed by atoms with Gasteiger partial charge in [-0.3, -0.25) is 0 Å². The Kier molecular flexibility index (Phi) is 4.37. The summed E-state index contributed by atoms with van der Waals surface area (Å²) in [5.74, 6) is -1.46. The summed E-state index contributed by atoms with van der Waals surface area (Å²) in [7, 11) is 1.80. The van der Waals surface area contributed by atoms with E-state index < -0.39 is 11.8 Å². The molecule has 0 aromatic heterocycles. The largest absolute Gasteiger partial charge is 0.478 e. The number of anilines is 1. The summed E-state index contributed by atoms with van der Waals surface area (Å²) in [6.07, 6.45) is 1.92. The Labute approximate surface area is 111 Å². The number of nitrogens with zero attached hydrogens (tertiary/aromatic N) is 1. The van der Waals surface area contributed by atoms with Gasteiger partial charge in [0.1, 0.15) is 11.4 Å². The molecule has 1 aromatic carbocycles. The van der Waals surface area contributed by atoms with Crippen molar-refractivity contribution in [2.45, 2.75) is 12.8 Å². The van der Waals surface area contributed by atoms with Crippen molar-refractivity contribution in [1.29, 1.82) is 0 Å². The molecule has 1 aliphatic heterocycles. The number of aromatic carboxylic acids is 1. The highest BCUT2D eigenvalue weighted by atomic mass is 19.1. The standard InChI is InChI=1S/C14H18FNO3/c1-16(9-10-5-7-19-8-6-10)12-4-2-3-11(15)13(12)14(17)18/h2-4,10H,5-9H2,1H3,(H,17,18). The zero-order chi connectivity index (χ0) is 13.8. The summed E-state index contributed by atoms with van der Waals surface area (Å²) in [6, 6.07) is 4.36. The van der Waals surface area contributed by atoms with Gasteiger partial charge in [0.2, 0.25) is 0 Å². The lowest BCUT2D eigenvalue weighted by Gasteiger charge is -2.29. The van der Waals surface area contributed by atoms with Gasteiger partial charge in [-0.15, -0.1) is 0 Å². The van der Waals surface area contributed by atoms with Crippen molar-refractivity contribution in [3.63, 3.8) is 0 Å². The minimum atomic E-state index is -1.23. The number of hydrogen-bond donors (Lipinski definition) is 1. The Morgan fingerprint density at radius 1 is 1.47 bits per heavy atom. The highest BCUT2D eigenvalue weighted by molar-refractivity contribution is 5.94. The molecule has 1 aromatic rings. The Hall–Kier alpha value is -1.62. The average molecular weight is 267 g/mol. The zero-order valence-electron chi connectivity index (χ0n) is 10.9. The molecule has 1 N–H and O–H groups in total. The number of benzene rings is 1. The van der Waals surface area contributed by atoms with Crippen LogP contribution in [0, 0.1) is 11.7 Å². The zero-order valence-corrected chi connectivity index (χ0v) is 10.9. The van der Waals surface area contributed by atoms with E-state index in [1.165, 1.54) is 12.1 Å². The lowest BCUT2D eigenvalue weighted by atomic mass is 9.99. The Bertz CT molecular complexity index is 458. The van der Waals surface area contributed by atoms with Gasteiger partial charge in [0.05, 0.1) is 5.69 Å². The van der Waals surface area contributed by atoms with Gasteiger partial charge in [-0.1, -0.05) is 6.07 Å². The van der Waals surface area contributed by atoms with Crippen molar-refractivity contribution < 1.29 is 19.0 Å². The Balaban J connectivity index is 2.16. The van der Waals surface area contributed by atoms with E-state index in [0.717, 1.165) is 26.1 Å². The lowest BCUT2D eigenvalue weighted by molar-refractivity contribution is 0.0676. The third kappa shape index (κ3) is 3.23. The first kappa shape index (κ1) is 13.8. The molecular weight excluding hydrogens is 249 g/mol. The monoisotopic (exact) mass is 267 g/mol. The summed E-state index contributed by atoms with van der Waals surface area (Å²) in [4.78, 5) is 13.0. The number of carboxylic acid groups (broad SMARTS) is 1. The van der Waals surface area contributed by atoms with Gasteiger partial charge in [-0.25, -0.2) is 9.18 Å². The molecule has 2 rings (SSSR count). The van der Waals surface area contributed by atoms with Gasteiger partial charge in [0, 0.05) is 26.8 Å². The molecule has 4 nitrogen and oxygen atoms in total. The molecule has 0 unspecified atom stereocenters. The maximum atomic E-state index is 13.6. The summed E-state index contributed by atoms with van der Waals surface area (Å²) >= 11 is 0. The molecule has 5 heteroatoms. The van der Waals surface area contributed by atoms with Crippen LogP contribution < -0.4 is 4.90 Å². The highest BCUT2D eigenvalue weighted by Gasteiger charge is 2.21. The van der Waals surface area contributed by atoms with Crippen LogP contribution in [0.5, 0.6) is 0 Å². The number of carbonyl (C=O) groups is 1. The van der Waals surface area contributed by atoms with E-state index in [-0.39, 0.29) is 5.56 Å². The van der Waals surface area contributed by atoms with E-state index in [4.69, 9.17) is 9.84 Å². The van der Waals surface area contributed by atoms with Crippen LogP contribution in [0.4, 0.5) is 10.1 Å². The van der Waals surface area contributed by atoms with E-state index in [9.17, 15) is 9.18 Å². The van der Waals surface area contributed by atoms with Crippen LogP contribution >= 0.6 is 0 Å². The van der Waals surface area contributed by atoms with Gasteiger partial charge in [0.25, 0.3) is 0 Å². The minimum Gasteiger partial charge on any atom is -0.478 e. The second-order valence-corrected chi connectivity index (χ2v) is 4.88. The quantitative estimate of drug-likeness (QED) is 0.910. The number of halogens is 1. The van der Waals surface area contributed by atoms with Crippen molar-refractivity contribution >= 4 is 11.7 Å². The summed E-state index contributed by atoms with van der Waals surface area (Å²) in [5, 5.41) is 9.11. The summed E-state index contributed by atoms with van der Waals surface area (Å²) in [6.45, 7) is 2.20. The predicted octanol–water partition coefficient (Wildman–Crippen LogP) is 2.39. The molecule has 1 aliphatic rings. The topological polar surface area (TPSA) is 49.8 Å². The molecule has 1 saturated heterocycles. The number of carboxylic acids is 1. The maximum Gasteiger partial charge on any atom is 0.340 e. The van der Waals surface area contributed by atoms with E-state index in [1.807, 2.05) is 4.90 Å². The smallest absolute Gasteiger partial charge is 0.340 e. The van der Waals surface area contributed by atoms with Gasteiger partial charge >= 0.3 is 5.97 Å². The second kappa shape index (κ2) is 6.02. The number of hydrogen-bond acceptors (Lipinski definition) is 3. The van der Waals surface area contributed by atoms with Crippen LogP contribution in [0.15, 0.2) is 18.2 Å². The Morgan fingerprint density at radius 3 is 2.79 bits per heavy atom. The molecule has 0 spiro atoms. The van der Waals surface area contributed by atoms with Crippen molar-refractivity contribution in [3.8, 4) is 0 Å². The normalized spacial score (nSPS) is 16.3. The van der Waals surface area contributed by atoms with Crippen molar-refractivity contribution in [1.82, 2.24) is 0 Å². The van der Waals surface area contributed by atoms with Crippen molar-refractivity contribution in [2.75, 3.05) is 31.7 Å². The van der Waals surface area contributed by atoms with Crippen molar-refractivity contribution in [3.05, 3.63) is 29.6 Å². The lowest BCUT2D eigenvalue weighted by Crippen LogP contribution is -2.30. The Morgan fingerprint density at radius 2 is 2.16 bits per heavy atom. The van der Waals surface area contributed by atoms with Crippen LogP contribution in [0.1, 0.15) is 23.2 Å². The van der Waals surface area contributed by atoms with E-state index in [2.05, 4.69) is 0 Å². The third-order valence-electron chi connectivity index (χ3n) is 3.49. The summed E-state index contributed by atoms with van der Waals surface area (Å²) < 4.78 is 18.9. The molecule has 0 amide bonds. The fraction of sp³-hybridized carbons (Fsp3) is 0.500. The molecule has 0 bridgehead atoms. The van der Waals surface area contributed by atoms with E-state index >= 15 is 0 Å².